The molecule has 0 radical (unpaired) electrons. The van der Waals surface area contributed by atoms with Crippen LogP contribution in [0.3, 0.4) is 0 Å². The molecule has 1 fully saturated rings. The molecule has 0 aromatic carbocycles. The standard InChI is InChI=1S/C14H18N2O4S/c1-9(2)20-11-5-3-4-10(15-11)12(17)16-14(13(18)19)6-7-21-8-14/h3-5,9H,6-8H2,1-2H3,(H,16,17)(H,18,19). The largest absolute Gasteiger partial charge is 0.479 e. The van der Waals surface area contributed by atoms with Crippen LogP contribution in [0.5, 0.6) is 5.88 Å². The topological polar surface area (TPSA) is 88.5 Å². The molecule has 2 heterocycles. The average Bonchev–Trinajstić information content (AvgIpc) is 2.88. The number of aliphatic carboxylic acids is 1. The highest BCUT2D eigenvalue weighted by Crippen LogP contribution is 2.28. The van der Waals surface area contributed by atoms with Crippen LogP contribution in [0.1, 0.15) is 30.8 Å². The van der Waals surface area contributed by atoms with Crippen LogP contribution in [0.2, 0.25) is 0 Å². The molecule has 2 N–H and O–H groups in total. The van der Waals surface area contributed by atoms with Gasteiger partial charge in [-0.3, -0.25) is 4.79 Å². The lowest BCUT2D eigenvalue weighted by Crippen LogP contribution is -2.54. The molecule has 1 aromatic heterocycles. The number of aromatic nitrogens is 1. The maximum Gasteiger partial charge on any atom is 0.330 e. The highest BCUT2D eigenvalue weighted by molar-refractivity contribution is 7.99. The zero-order valence-corrected chi connectivity index (χ0v) is 12.8. The van der Waals surface area contributed by atoms with E-state index in [-0.39, 0.29) is 11.8 Å². The van der Waals surface area contributed by atoms with Gasteiger partial charge in [-0.1, -0.05) is 6.07 Å². The number of carboxylic acid groups (broad SMARTS) is 1. The van der Waals surface area contributed by atoms with Crippen molar-refractivity contribution in [2.45, 2.75) is 31.9 Å². The highest BCUT2D eigenvalue weighted by Gasteiger charge is 2.43. The average molecular weight is 310 g/mol. The Hall–Kier alpha value is -1.76. The lowest BCUT2D eigenvalue weighted by atomic mass is 9.99. The van der Waals surface area contributed by atoms with Gasteiger partial charge in [0, 0.05) is 11.8 Å². The number of pyridine rings is 1. The van der Waals surface area contributed by atoms with Crippen LogP contribution in [-0.4, -0.2) is 45.1 Å². The first-order valence-electron chi connectivity index (χ1n) is 6.70. The number of nitrogens with zero attached hydrogens (tertiary/aromatic N) is 1. The minimum Gasteiger partial charge on any atom is -0.479 e. The van der Waals surface area contributed by atoms with Crippen molar-refractivity contribution in [3.8, 4) is 5.88 Å². The number of amides is 1. The van der Waals surface area contributed by atoms with Gasteiger partial charge in [-0.2, -0.15) is 11.8 Å². The van der Waals surface area contributed by atoms with Crippen LogP contribution in [0.4, 0.5) is 0 Å². The number of rotatable bonds is 5. The molecule has 1 amide bonds. The van der Waals surface area contributed by atoms with Crippen LogP contribution in [0, 0.1) is 0 Å². The van der Waals surface area contributed by atoms with E-state index in [9.17, 15) is 14.7 Å². The molecule has 1 atom stereocenters. The van der Waals surface area contributed by atoms with E-state index in [2.05, 4.69) is 10.3 Å². The molecule has 0 bridgehead atoms. The molecule has 2 rings (SSSR count). The van der Waals surface area contributed by atoms with Crippen molar-refractivity contribution in [2.75, 3.05) is 11.5 Å². The summed E-state index contributed by atoms with van der Waals surface area (Å²) in [6.45, 7) is 3.73. The van der Waals surface area contributed by atoms with Gasteiger partial charge in [0.15, 0.2) is 0 Å². The predicted octanol–water partition coefficient (Wildman–Crippen LogP) is 1.56. The van der Waals surface area contributed by atoms with E-state index in [4.69, 9.17) is 4.74 Å². The molecule has 114 valence electrons. The number of hydrogen-bond donors (Lipinski definition) is 2. The van der Waals surface area contributed by atoms with Crippen molar-refractivity contribution in [3.05, 3.63) is 23.9 Å². The quantitative estimate of drug-likeness (QED) is 0.858. The van der Waals surface area contributed by atoms with E-state index in [0.29, 0.717) is 18.1 Å². The van der Waals surface area contributed by atoms with Crippen molar-refractivity contribution >= 4 is 23.6 Å². The lowest BCUT2D eigenvalue weighted by Gasteiger charge is -2.24. The lowest BCUT2D eigenvalue weighted by molar-refractivity contribution is -0.143. The Balaban J connectivity index is 2.14. The number of ether oxygens (including phenoxy) is 1. The first kappa shape index (κ1) is 15.6. The molecular weight excluding hydrogens is 292 g/mol. The zero-order chi connectivity index (χ0) is 15.5. The van der Waals surface area contributed by atoms with Gasteiger partial charge in [-0.15, -0.1) is 0 Å². The molecule has 1 unspecified atom stereocenters. The summed E-state index contributed by atoms with van der Waals surface area (Å²) in [5.41, 5.74) is -1.04. The summed E-state index contributed by atoms with van der Waals surface area (Å²) in [6, 6.07) is 4.87. The van der Waals surface area contributed by atoms with Crippen molar-refractivity contribution in [1.29, 1.82) is 0 Å². The second-order valence-electron chi connectivity index (χ2n) is 5.17. The second-order valence-corrected chi connectivity index (χ2v) is 6.28. The highest BCUT2D eigenvalue weighted by atomic mass is 32.2. The van der Waals surface area contributed by atoms with Crippen molar-refractivity contribution in [1.82, 2.24) is 10.3 Å². The maximum atomic E-state index is 12.2. The fourth-order valence-electron chi connectivity index (χ4n) is 2.02. The fraction of sp³-hybridized carbons (Fsp3) is 0.500. The van der Waals surface area contributed by atoms with Crippen LogP contribution < -0.4 is 10.1 Å². The third kappa shape index (κ3) is 3.66. The van der Waals surface area contributed by atoms with Gasteiger partial charge in [0.2, 0.25) is 5.88 Å². The van der Waals surface area contributed by atoms with Crippen molar-refractivity contribution < 1.29 is 19.4 Å². The van der Waals surface area contributed by atoms with Crippen LogP contribution in [0.15, 0.2) is 18.2 Å². The summed E-state index contributed by atoms with van der Waals surface area (Å²) in [5.74, 6) is -0.0559. The SMILES string of the molecule is CC(C)Oc1cccc(C(=O)NC2(C(=O)O)CCSC2)n1. The second kappa shape index (κ2) is 6.34. The molecule has 21 heavy (non-hydrogen) atoms. The predicted molar refractivity (Wildman–Crippen MR) is 79.8 cm³/mol. The van der Waals surface area contributed by atoms with Gasteiger partial charge in [0.1, 0.15) is 11.2 Å². The number of carbonyl (C=O) groups excluding carboxylic acids is 1. The fourth-order valence-corrected chi connectivity index (χ4v) is 3.34. The van der Waals surface area contributed by atoms with Crippen LogP contribution in [0.25, 0.3) is 0 Å². The molecule has 1 saturated heterocycles. The summed E-state index contributed by atoms with van der Waals surface area (Å²) in [5, 5.41) is 12.0. The van der Waals surface area contributed by atoms with Gasteiger partial charge in [-0.05, 0) is 32.1 Å². The van der Waals surface area contributed by atoms with E-state index >= 15 is 0 Å². The molecule has 0 saturated carbocycles. The zero-order valence-electron chi connectivity index (χ0n) is 12.0. The third-order valence-corrected chi connectivity index (χ3v) is 4.29. The number of nitrogens with one attached hydrogen (secondary N) is 1. The molecule has 1 aliphatic heterocycles. The minimum absolute atomic E-state index is 0.0487. The van der Waals surface area contributed by atoms with E-state index in [1.807, 2.05) is 13.8 Å². The Morgan fingerprint density at radius 2 is 2.24 bits per heavy atom. The summed E-state index contributed by atoms with van der Waals surface area (Å²) >= 11 is 1.52. The third-order valence-electron chi connectivity index (χ3n) is 3.10. The molecule has 0 spiro atoms. The Bertz CT molecular complexity index is 542. The van der Waals surface area contributed by atoms with E-state index in [1.165, 1.54) is 11.8 Å². The maximum absolute atomic E-state index is 12.2. The number of carboxylic acids is 1. The first-order valence-corrected chi connectivity index (χ1v) is 7.86. The van der Waals surface area contributed by atoms with E-state index in [0.717, 1.165) is 5.75 Å². The normalized spacial score (nSPS) is 21.3. The van der Waals surface area contributed by atoms with E-state index < -0.39 is 17.4 Å². The summed E-state index contributed by atoms with van der Waals surface area (Å²) in [6.07, 6.45) is 0.369. The molecule has 1 aliphatic rings. The molecule has 1 aromatic rings. The number of thioether (sulfide) groups is 1. The summed E-state index contributed by atoms with van der Waals surface area (Å²) in [7, 11) is 0. The van der Waals surface area contributed by atoms with Gasteiger partial charge < -0.3 is 15.2 Å². The Morgan fingerprint density at radius 3 is 2.81 bits per heavy atom. The Labute approximate surface area is 127 Å². The minimum atomic E-state index is -1.20. The van der Waals surface area contributed by atoms with Gasteiger partial charge in [-0.25, -0.2) is 9.78 Å². The molecule has 7 heteroatoms. The smallest absolute Gasteiger partial charge is 0.330 e. The Kier molecular flexibility index (Phi) is 4.72. The van der Waals surface area contributed by atoms with Gasteiger partial charge in [0.25, 0.3) is 5.91 Å². The number of carbonyl (C=O) groups is 2. The monoisotopic (exact) mass is 310 g/mol. The molecule has 0 aliphatic carbocycles. The van der Waals surface area contributed by atoms with Gasteiger partial charge in [0.05, 0.1) is 6.10 Å². The summed E-state index contributed by atoms with van der Waals surface area (Å²) in [4.78, 5) is 27.8. The molecule has 6 nitrogen and oxygen atoms in total. The van der Waals surface area contributed by atoms with Gasteiger partial charge >= 0.3 is 5.97 Å². The van der Waals surface area contributed by atoms with Crippen molar-refractivity contribution in [3.63, 3.8) is 0 Å². The molecular formula is C14H18N2O4S. The van der Waals surface area contributed by atoms with E-state index in [1.54, 1.807) is 18.2 Å². The first-order chi connectivity index (χ1) is 9.93. The number of hydrogen-bond acceptors (Lipinski definition) is 5. The van der Waals surface area contributed by atoms with Crippen LogP contribution in [-0.2, 0) is 4.79 Å². The Morgan fingerprint density at radius 1 is 1.48 bits per heavy atom. The van der Waals surface area contributed by atoms with Crippen molar-refractivity contribution in [2.24, 2.45) is 0 Å². The van der Waals surface area contributed by atoms with Crippen LogP contribution >= 0.6 is 11.8 Å². The summed E-state index contributed by atoms with van der Waals surface area (Å²) < 4.78 is 5.44.